The van der Waals surface area contributed by atoms with E-state index in [1.165, 1.54) is 21.3 Å². The number of hydrogen-bond donors (Lipinski definition) is 2. The van der Waals surface area contributed by atoms with Gasteiger partial charge in [-0.2, -0.15) is 5.26 Å². The first kappa shape index (κ1) is 25.2. The van der Waals surface area contributed by atoms with Gasteiger partial charge in [-0.05, 0) is 42.0 Å². The molecular weight excluding hydrogens is 500 g/mol. The van der Waals surface area contributed by atoms with E-state index in [0.29, 0.717) is 50.9 Å². The van der Waals surface area contributed by atoms with Crippen molar-refractivity contribution in [1.29, 1.82) is 5.26 Å². The van der Waals surface area contributed by atoms with Crippen LogP contribution in [0.25, 0.3) is 11.3 Å². The number of esters is 1. The van der Waals surface area contributed by atoms with Crippen LogP contribution in [0.1, 0.15) is 27.4 Å². The molecule has 0 spiro atoms. The molecular formula is C29H24N4O6. The van der Waals surface area contributed by atoms with Gasteiger partial charge in [0.15, 0.2) is 11.5 Å². The molecule has 4 aromatic rings. The molecule has 196 valence electrons. The Hall–Kier alpha value is -5.43. The van der Waals surface area contributed by atoms with Gasteiger partial charge in [0.05, 0.1) is 44.1 Å². The molecule has 1 atom stereocenters. The number of allylic oxidation sites excluding steroid dienone is 1. The number of carbonyl (C=O) groups excluding carboxylic acids is 1. The molecule has 0 aliphatic carbocycles. The summed E-state index contributed by atoms with van der Waals surface area (Å²) >= 11 is 0. The number of benzene rings is 3. The highest BCUT2D eigenvalue weighted by Crippen LogP contribution is 2.48. The number of hydrogen-bond acceptors (Lipinski definition) is 9. The second kappa shape index (κ2) is 10.5. The molecule has 3 aromatic carbocycles. The molecule has 2 heterocycles. The Labute approximate surface area is 224 Å². The van der Waals surface area contributed by atoms with E-state index >= 15 is 0 Å². The van der Waals surface area contributed by atoms with Crippen LogP contribution < -0.4 is 29.4 Å². The summed E-state index contributed by atoms with van der Waals surface area (Å²) in [4.78, 5) is 12.5. The second-order valence-corrected chi connectivity index (χ2v) is 8.48. The topological polar surface area (TPSA) is 142 Å². The van der Waals surface area contributed by atoms with E-state index in [1.54, 1.807) is 60.7 Å². The lowest BCUT2D eigenvalue weighted by Gasteiger charge is -2.24. The maximum atomic E-state index is 12.5. The lowest BCUT2D eigenvalue weighted by molar-refractivity contribution is 0.0734. The van der Waals surface area contributed by atoms with Gasteiger partial charge in [0.2, 0.25) is 17.5 Å². The zero-order valence-electron chi connectivity index (χ0n) is 21.3. The van der Waals surface area contributed by atoms with Gasteiger partial charge in [-0.1, -0.05) is 30.3 Å². The molecule has 10 nitrogen and oxygen atoms in total. The average molecular weight is 525 g/mol. The van der Waals surface area contributed by atoms with Crippen molar-refractivity contribution in [1.82, 2.24) is 10.2 Å². The van der Waals surface area contributed by atoms with E-state index in [1.807, 2.05) is 6.07 Å². The molecule has 1 aromatic heterocycles. The summed E-state index contributed by atoms with van der Waals surface area (Å²) in [5.41, 5.74) is 9.34. The molecule has 0 radical (unpaired) electrons. The molecule has 0 bridgehead atoms. The van der Waals surface area contributed by atoms with Crippen LogP contribution in [0.4, 0.5) is 0 Å². The van der Waals surface area contributed by atoms with Crippen molar-refractivity contribution in [3.63, 3.8) is 0 Å². The quantitative estimate of drug-likeness (QED) is 0.263. The number of fused-ring (bicyclic) bond motifs is 1. The number of ether oxygens (including phenoxy) is 5. The molecule has 0 saturated carbocycles. The normalized spacial score (nSPS) is 14.1. The molecule has 0 amide bonds. The van der Waals surface area contributed by atoms with Crippen LogP contribution in [0.3, 0.4) is 0 Å². The number of methoxy groups -OCH3 is 3. The standard InChI is InChI=1S/C29H24N4O6/c1-35-21-13-18(14-22(36-2)26(21)37-3)25-24-23(20(15-30)27(31)39-28(24)33-32-25)16-9-11-19(12-10-16)38-29(34)17-7-5-4-6-8-17/h4-14,23H,31H2,1-3H3,(H,32,33). The Balaban J connectivity index is 1.56. The third-order valence-electron chi connectivity index (χ3n) is 6.33. The van der Waals surface area contributed by atoms with E-state index in [4.69, 9.17) is 29.4 Å². The van der Waals surface area contributed by atoms with Gasteiger partial charge in [-0.25, -0.2) is 4.79 Å². The summed E-state index contributed by atoms with van der Waals surface area (Å²) < 4.78 is 27.7. The van der Waals surface area contributed by atoms with Crippen molar-refractivity contribution in [2.45, 2.75) is 5.92 Å². The number of H-pyrrole nitrogens is 1. The summed E-state index contributed by atoms with van der Waals surface area (Å²) in [7, 11) is 4.58. The lowest BCUT2D eigenvalue weighted by atomic mass is 9.83. The second-order valence-electron chi connectivity index (χ2n) is 8.48. The van der Waals surface area contributed by atoms with Crippen LogP contribution in [0, 0.1) is 11.3 Å². The predicted octanol–water partition coefficient (Wildman–Crippen LogP) is 4.54. The number of nitrogens with two attached hydrogens (primary N) is 1. The first-order chi connectivity index (χ1) is 19.0. The maximum absolute atomic E-state index is 12.5. The Bertz CT molecular complexity index is 1580. The monoisotopic (exact) mass is 524 g/mol. The van der Waals surface area contributed by atoms with Gasteiger partial charge in [0.1, 0.15) is 17.4 Å². The zero-order chi connectivity index (χ0) is 27.5. The van der Waals surface area contributed by atoms with Crippen molar-refractivity contribution in [2.75, 3.05) is 21.3 Å². The molecule has 10 heteroatoms. The number of aromatic amines is 1. The summed E-state index contributed by atoms with van der Waals surface area (Å²) in [6.07, 6.45) is 0. The van der Waals surface area contributed by atoms with Gasteiger partial charge in [-0.15, -0.1) is 5.10 Å². The molecule has 1 aliphatic rings. The van der Waals surface area contributed by atoms with Gasteiger partial charge >= 0.3 is 5.97 Å². The Morgan fingerprint density at radius 3 is 2.26 bits per heavy atom. The van der Waals surface area contributed by atoms with E-state index in [-0.39, 0.29) is 17.3 Å². The van der Waals surface area contributed by atoms with Gasteiger partial charge in [-0.3, -0.25) is 5.10 Å². The van der Waals surface area contributed by atoms with Crippen molar-refractivity contribution < 1.29 is 28.5 Å². The first-order valence-electron chi connectivity index (χ1n) is 11.8. The number of nitriles is 1. The zero-order valence-corrected chi connectivity index (χ0v) is 21.3. The summed E-state index contributed by atoms with van der Waals surface area (Å²) in [5.74, 6) is 0.785. The molecule has 0 fully saturated rings. The number of aromatic nitrogens is 2. The third kappa shape index (κ3) is 4.57. The summed E-state index contributed by atoms with van der Waals surface area (Å²) in [6.45, 7) is 0. The minimum atomic E-state index is -0.620. The van der Waals surface area contributed by atoms with Crippen LogP contribution in [-0.4, -0.2) is 37.5 Å². The number of nitrogens with one attached hydrogen (secondary N) is 1. The SMILES string of the molecule is COc1cc(-c2[nH]nc3c2C(c2ccc(OC(=O)c4ccccc4)cc2)C(C#N)=C(N)O3)cc(OC)c1OC. The Kier molecular flexibility index (Phi) is 6.80. The summed E-state index contributed by atoms with van der Waals surface area (Å²) in [5, 5.41) is 17.3. The molecule has 3 N–H and O–H groups in total. The molecule has 1 unspecified atom stereocenters. The van der Waals surface area contributed by atoms with Gasteiger partial charge < -0.3 is 29.4 Å². The Morgan fingerprint density at radius 2 is 1.67 bits per heavy atom. The van der Waals surface area contributed by atoms with Crippen molar-refractivity contribution in [2.24, 2.45) is 5.73 Å². The maximum Gasteiger partial charge on any atom is 0.343 e. The average Bonchev–Trinajstić information content (AvgIpc) is 3.39. The third-order valence-corrected chi connectivity index (χ3v) is 6.33. The van der Waals surface area contributed by atoms with Crippen LogP contribution >= 0.6 is 0 Å². The van der Waals surface area contributed by atoms with Crippen LogP contribution in [0.2, 0.25) is 0 Å². The number of rotatable bonds is 7. The molecule has 1 aliphatic heterocycles. The minimum absolute atomic E-state index is 0.0440. The predicted molar refractivity (Wildman–Crippen MR) is 141 cm³/mol. The van der Waals surface area contributed by atoms with E-state index < -0.39 is 11.9 Å². The molecule has 39 heavy (non-hydrogen) atoms. The Morgan fingerprint density at radius 1 is 1.00 bits per heavy atom. The molecule has 0 saturated heterocycles. The van der Waals surface area contributed by atoms with Crippen LogP contribution in [0.5, 0.6) is 28.9 Å². The fourth-order valence-electron chi connectivity index (χ4n) is 4.49. The number of nitrogens with zero attached hydrogens (tertiary/aromatic N) is 2. The van der Waals surface area contributed by atoms with Crippen LogP contribution in [-0.2, 0) is 0 Å². The van der Waals surface area contributed by atoms with E-state index in [2.05, 4.69) is 16.3 Å². The fraction of sp³-hybridized carbons (Fsp3) is 0.138. The largest absolute Gasteiger partial charge is 0.493 e. The fourth-order valence-corrected chi connectivity index (χ4v) is 4.49. The van der Waals surface area contributed by atoms with E-state index in [0.717, 1.165) is 0 Å². The van der Waals surface area contributed by atoms with Crippen molar-refractivity contribution in [3.05, 3.63) is 94.9 Å². The highest BCUT2D eigenvalue weighted by atomic mass is 16.5. The highest BCUT2D eigenvalue weighted by Gasteiger charge is 2.36. The van der Waals surface area contributed by atoms with Crippen LogP contribution in [0.15, 0.2) is 78.2 Å². The van der Waals surface area contributed by atoms with Gasteiger partial charge in [0, 0.05) is 5.56 Å². The van der Waals surface area contributed by atoms with Crippen molar-refractivity contribution in [3.8, 4) is 46.2 Å². The number of carbonyl (C=O) groups is 1. The first-order valence-corrected chi connectivity index (χ1v) is 11.8. The molecule has 5 rings (SSSR count). The van der Waals surface area contributed by atoms with Gasteiger partial charge in [0.25, 0.3) is 0 Å². The smallest absolute Gasteiger partial charge is 0.343 e. The minimum Gasteiger partial charge on any atom is -0.493 e. The highest BCUT2D eigenvalue weighted by molar-refractivity contribution is 5.91. The summed E-state index contributed by atoms with van der Waals surface area (Å²) in [6, 6.07) is 21.3. The lowest BCUT2D eigenvalue weighted by Crippen LogP contribution is -2.21. The van der Waals surface area contributed by atoms with Crippen molar-refractivity contribution >= 4 is 5.97 Å². The van der Waals surface area contributed by atoms with E-state index in [9.17, 15) is 10.1 Å².